The quantitative estimate of drug-likeness (QED) is 0.261. The third kappa shape index (κ3) is 3.67. The summed E-state index contributed by atoms with van der Waals surface area (Å²) in [7, 11) is -1.24. The SMILES string of the molecule is C[SiH]1c2ccccc2N(c2ccc(-c3nnc(-c4ccccc4)n3-c3ccccc3)cc2)c2ccccc21. The molecular formula is C33H26N4Si. The highest BCUT2D eigenvalue weighted by atomic mass is 28.3. The molecule has 0 bridgehead atoms. The second-order valence-corrected chi connectivity index (χ2v) is 12.3. The van der Waals surface area contributed by atoms with Crippen molar-refractivity contribution >= 4 is 36.2 Å². The minimum Gasteiger partial charge on any atom is -0.311 e. The number of para-hydroxylation sites is 3. The van der Waals surface area contributed by atoms with E-state index in [4.69, 9.17) is 0 Å². The van der Waals surface area contributed by atoms with Crippen LogP contribution in [0.5, 0.6) is 0 Å². The lowest BCUT2D eigenvalue weighted by molar-refractivity contribution is 1.07. The molecule has 7 rings (SSSR count). The molecule has 0 atom stereocenters. The third-order valence-corrected chi connectivity index (χ3v) is 10.2. The minimum atomic E-state index is -1.24. The summed E-state index contributed by atoms with van der Waals surface area (Å²) >= 11 is 0. The minimum absolute atomic E-state index is 0.821. The third-order valence-electron chi connectivity index (χ3n) is 7.38. The van der Waals surface area contributed by atoms with Gasteiger partial charge < -0.3 is 4.90 Å². The van der Waals surface area contributed by atoms with Gasteiger partial charge in [-0.2, -0.15) is 0 Å². The molecule has 1 aliphatic heterocycles. The first-order chi connectivity index (χ1) is 18.8. The molecule has 5 aromatic carbocycles. The van der Waals surface area contributed by atoms with Crippen molar-refractivity contribution in [1.29, 1.82) is 0 Å². The highest BCUT2D eigenvalue weighted by Crippen LogP contribution is 2.37. The van der Waals surface area contributed by atoms with E-state index in [1.54, 1.807) is 0 Å². The van der Waals surface area contributed by atoms with Crippen molar-refractivity contribution in [3.63, 3.8) is 0 Å². The molecule has 1 aromatic heterocycles. The fourth-order valence-corrected chi connectivity index (χ4v) is 7.99. The molecule has 0 saturated heterocycles. The molecule has 0 aliphatic carbocycles. The van der Waals surface area contributed by atoms with E-state index in [9.17, 15) is 0 Å². The van der Waals surface area contributed by atoms with Gasteiger partial charge in [-0.05, 0) is 58.9 Å². The summed E-state index contributed by atoms with van der Waals surface area (Å²) in [6.07, 6.45) is 0. The molecule has 1 aliphatic rings. The summed E-state index contributed by atoms with van der Waals surface area (Å²) in [4.78, 5) is 2.40. The van der Waals surface area contributed by atoms with E-state index < -0.39 is 8.80 Å². The number of benzene rings is 5. The molecule has 0 fully saturated rings. The first-order valence-electron chi connectivity index (χ1n) is 12.9. The molecule has 0 saturated carbocycles. The fourth-order valence-electron chi connectivity index (χ4n) is 5.52. The smallest absolute Gasteiger partial charge is 0.168 e. The molecule has 0 amide bonds. The molecule has 0 spiro atoms. The van der Waals surface area contributed by atoms with Gasteiger partial charge in [-0.15, -0.1) is 10.2 Å². The summed E-state index contributed by atoms with van der Waals surface area (Å²) in [6.45, 7) is 2.43. The zero-order valence-electron chi connectivity index (χ0n) is 21.1. The summed E-state index contributed by atoms with van der Waals surface area (Å²) in [5, 5.41) is 12.3. The van der Waals surface area contributed by atoms with Crippen molar-refractivity contribution in [1.82, 2.24) is 14.8 Å². The van der Waals surface area contributed by atoms with Gasteiger partial charge in [-0.25, -0.2) is 0 Å². The summed E-state index contributed by atoms with van der Waals surface area (Å²) in [5.41, 5.74) is 6.81. The fraction of sp³-hybridized carbons (Fsp3) is 0.0303. The van der Waals surface area contributed by atoms with Crippen LogP contribution < -0.4 is 15.3 Å². The van der Waals surface area contributed by atoms with E-state index in [1.165, 1.54) is 21.7 Å². The zero-order chi connectivity index (χ0) is 25.5. The number of hydrogen-bond donors (Lipinski definition) is 0. The second-order valence-electron chi connectivity index (χ2n) is 9.61. The predicted octanol–water partition coefficient (Wildman–Crippen LogP) is 6.36. The van der Waals surface area contributed by atoms with Crippen molar-refractivity contribution in [2.75, 3.05) is 4.90 Å². The molecule has 4 nitrogen and oxygen atoms in total. The van der Waals surface area contributed by atoms with Crippen molar-refractivity contribution in [2.24, 2.45) is 0 Å². The van der Waals surface area contributed by atoms with Gasteiger partial charge >= 0.3 is 0 Å². The van der Waals surface area contributed by atoms with Crippen LogP contribution in [0.4, 0.5) is 17.1 Å². The zero-order valence-corrected chi connectivity index (χ0v) is 22.2. The largest absolute Gasteiger partial charge is 0.311 e. The Bertz CT molecular complexity index is 1680. The van der Waals surface area contributed by atoms with Crippen LogP contribution >= 0.6 is 0 Å². The number of aromatic nitrogens is 3. The van der Waals surface area contributed by atoms with Crippen LogP contribution in [-0.4, -0.2) is 23.6 Å². The van der Waals surface area contributed by atoms with Crippen LogP contribution in [0, 0.1) is 0 Å². The van der Waals surface area contributed by atoms with Gasteiger partial charge in [0.1, 0.15) is 8.80 Å². The van der Waals surface area contributed by atoms with Crippen molar-refractivity contribution in [2.45, 2.75) is 6.55 Å². The van der Waals surface area contributed by atoms with Gasteiger partial charge in [0.05, 0.1) is 0 Å². The van der Waals surface area contributed by atoms with E-state index in [1.807, 2.05) is 36.4 Å². The Morgan fingerprint density at radius 3 is 1.53 bits per heavy atom. The van der Waals surface area contributed by atoms with Crippen LogP contribution in [0.3, 0.4) is 0 Å². The van der Waals surface area contributed by atoms with Crippen LogP contribution in [-0.2, 0) is 0 Å². The van der Waals surface area contributed by atoms with Crippen LogP contribution in [0.1, 0.15) is 0 Å². The Hall–Kier alpha value is -4.74. The molecule has 2 heterocycles. The Morgan fingerprint density at radius 1 is 0.474 bits per heavy atom. The standard InChI is InChI=1S/C33H26N4Si/c1-38-30-18-10-8-16-28(30)36(29-17-9-11-19-31(29)38)27-22-20-25(21-23-27)33-35-34-32(24-12-4-2-5-13-24)37(33)26-14-6-3-7-15-26/h2-23,38H,1H3. The van der Waals surface area contributed by atoms with E-state index in [-0.39, 0.29) is 0 Å². The first kappa shape index (κ1) is 22.5. The molecular weight excluding hydrogens is 480 g/mol. The van der Waals surface area contributed by atoms with Gasteiger partial charge in [0, 0.05) is 33.9 Å². The van der Waals surface area contributed by atoms with E-state index in [0.717, 1.165) is 34.2 Å². The molecule has 0 unspecified atom stereocenters. The normalized spacial score (nSPS) is 12.7. The maximum Gasteiger partial charge on any atom is 0.168 e. The lowest BCUT2D eigenvalue weighted by atomic mass is 10.1. The van der Waals surface area contributed by atoms with Crippen LogP contribution in [0.2, 0.25) is 6.55 Å². The number of nitrogens with zero attached hydrogens (tertiary/aromatic N) is 4. The Morgan fingerprint density at radius 2 is 0.947 bits per heavy atom. The first-order valence-corrected chi connectivity index (χ1v) is 15.3. The summed E-state index contributed by atoms with van der Waals surface area (Å²) in [6, 6.07) is 47.0. The molecule has 38 heavy (non-hydrogen) atoms. The van der Waals surface area contributed by atoms with Crippen molar-refractivity contribution < 1.29 is 0 Å². The molecule has 6 aromatic rings. The van der Waals surface area contributed by atoms with Gasteiger partial charge in [-0.1, -0.05) is 91.5 Å². The Kier molecular flexibility index (Phi) is 5.49. The van der Waals surface area contributed by atoms with E-state index in [2.05, 4.69) is 123 Å². The molecule has 0 N–H and O–H groups in total. The lowest BCUT2D eigenvalue weighted by Crippen LogP contribution is -2.47. The molecule has 0 radical (unpaired) electrons. The number of rotatable bonds is 4. The van der Waals surface area contributed by atoms with Crippen LogP contribution in [0.25, 0.3) is 28.5 Å². The molecule has 5 heteroatoms. The monoisotopic (exact) mass is 506 g/mol. The van der Waals surface area contributed by atoms with Gasteiger partial charge in [0.15, 0.2) is 11.6 Å². The maximum absolute atomic E-state index is 4.67. The number of fused-ring (bicyclic) bond motifs is 2. The van der Waals surface area contributed by atoms with E-state index in [0.29, 0.717) is 0 Å². The summed E-state index contributed by atoms with van der Waals surface area (Å²) in [5.74, 6) is 1.65. The highest BCUT2D eigenvalue weighted by molar-refractivity contribution is 6.87. The average molecular weight is 507 g/mol. The lowest BCUT2D eigenvalue weighted by Gasteiger charge is -2.36. The van der Waals surface area contributed by atoms with Crippen molar-refractivity contribution in [3.8, 4) is 28.5 Å². The van der Waals surface area contributed by atoms with E-state index >= 15 is 0 Å². The van der Waals surface area contributed by atoms with Gasteiger partial charge in [0.2, 0.25) is 0 Å². The van der Waals surface area contributed by atoms with Crippen molar-refractivity contribution in [3.05, 3.63) is 133 Å². The maximum atomic E-state index is 4.67. The highest BCUT2D eigenvalue weighted by Gasteiger charge is 2.29. The van der Waals surface area contributed by atoms with Gasteiger partial charge in [0.25, 0.3) is 0 Å². The molecule has 182 valence electrons. The van der Waals surface area contributed by atoms with Crippen LogP contribution in [0.15, 0.2) is 133 Å². The second kappa shape index (κ2) is 9.29. The Labute approximate surface area is 224 Å². The number of anilines is 3. The topological polar surface area (TPSA) is 34.0 Å². The number of hydrogen-bond acceptors (Lipinski definition) is 3. The Balaban J connectivity index is 1.35. The van der Waals surface area contributed by atoms with Gasteiger partial charge in [-0.3, -0.25) is 4.57 Å². The average Bonchev–Trinajstić information content (AvgIpc) is 3.44. The predicted molar refractivity (Wildman–Crippen MR) is 159 cm³/mol. The summed E-state index contributed by atoms with van der Waals surface area (Å²) < 4.78 is 2.14.